The van der Waals surface area contributed by atoms with E-state index < -0.39 is 44.1 Å². The number of nitrogens with zero attached hydrogens (tertiary/aromatic N) is 2. The second-order valence-electron chi connectivity index (χ2n) is 17.0. The minimum Gasteiger partial charge on any atom is -0.549 e. The highest BCUT2D eigenvalue weighted by atomic mass is 16.8. The third kappa shape index (κ3) is 4.71. The summed E-state index contributed by atoms with van der Waals surface area (Å²) in [5.41, 5.74) is 11.4. The quantitative estimate of drug-likeness (QED) is 0.137. The molecule has 7 heterocycles. The Morgan fingerprint density at radius 1 is 0.500 bits per heavy atom. The molecule has 7 aliphatic rings. The van der Waals surface area contributed by atoms with E-state index in [0.29, 0.717) is 26.2 Å². The van der Waals surface area contributed by atoms with Crippen molar-refractivity contribution in [2.75, 3.05) is 6.61 Å². The molecule has 7 aliphatic heterocycles. The van der Waals surface area contributed by atoms with E-state index in [9.17, 15) is 5.11 Å². The molecule has 0 aromatic heterocycles. The van der Waals surface area contributed by atoms with Crippen LogP contribution < -0.4 is 10.9 Å². The molecule has 0 aliphatic carbocycles. The minimum atomic E-state index is -2.20. The van der Waals surface area contributed by atoms with Crippen molar-refractivity contribution >= 4 is 45.8 Å². The second kappa shape index (κ2) is 12.4. The first-order valence-corrected chi connectivity index (χ1v) is 20.6. The van der Waals surface area contributed by atoms with Crippen LogP contribution in [0.5, 0.6) is 0 Å². The van der Waals surface area contributed by atoms with Gasteiger partial charge in [0.2, 0.25) is 0 Å². The van der Waals surface area contributed by atoms with Crippen molar-refractivity contribution in [1.29, 1.82) is 0 Å². The predicted molar refractivity (Wildman–Crippen MR) is 226 cm³/mol. The first-order chi connectivity index (χ1) is 28.6. The van der Waals surface area contributed by atoms with Crippen molar-refractivity contribution in [3.05, 3.63) is 168 Å². The number of aliphatic hydroxyl groups excluding tert-OH is 1. The normalized spacial score (nSPS) is 29.6. The number of aliphatic hydroxyl groups is 1. The van der Waals surface area contributed by atoms with Gasteiger partial charge in [0.05, 0.1) is 12.2 Å². The lowest BCUT2D eigenvalue weighted by atomic mass is 9.61. The summed E-state index contributed by atoms with van der Waals surface area (Å²) in [6.45, 7) is -1.67. The van der Waals surface area contributed by atoms with Crippen LogP contribution in [0.15, 0.2) is 146 Å². The molecule has 286 valence electrons. The largest absolute Gasteiger partial charge is 0.549 e. The van der Waals surface area contributed by atoms with Crippen molar-refractivity contribution < 1.29 is 28.5 Å². The van der Waals surface area contributed by atoms with Gasteiger partial charge in [0.15, 0.2) is 0 Å². The van der Waals surface area contributed by atoms with E-state index in [1.807, 2.05) is 12.1 Å². The topological polar surface area (TPSA) is 72.9 Å². The molecule has 7 aromatic carbocycles. The fourth-order valence-electron chi connectivity index (χ4n) is 11.4. The second-order valence-corrected chi connectivity index (χ2v) is 17.0. The van der Waals surface area contributed by atoms with Crippen LogP contribution >= 0.6 is 0 Å². The van der Waals surface area contributed by atoms with E-state index in [-0.39, 0.29) is 6.61 Å². The summed E-state index contributed by atoms with van der Waals surface area (Å²) >= 11 is 0. The Morgan fingerprint density at radius 2 is 1.00 bits per heavy atom. The van der Waals surface area contributed by atoms with E-state index in [1.54, 1.807) is 0 Å². The molecule has 7 atom stereocenters. The lowest BCUT2D eigenvalue weighted by molar-refractivity contribution is -0.262. The lowest BCUT2D eigenvalue weighted by Gasteiger charge is -2.58. The van der Waals surface area contributed by atoms with Crippen LogP contribution in [0.25, 0.3) is 43.8 Å². The van der Waals surface area contributed by atoms with Crippen LogP contribution in [0.1, 0.15) is 22.3 Å². The van der Waals surface area contributed by atoms with Crippen molar-refractivity contribution in [2.24, 2.45) is 0 Å². The van der Waals surface area contributed by atoms with Gasteiger partial charge in [-0.25, -0.2) is 0 Å². The molecular weight excluding hydrogens is 722 g/mol. The van der Waals surface area contributed by atoms with Crippen LogP contribution in [-0.2, 0) is 49.5 Å². The van der Waals surface area contributed by atoms with Gasteiger partial charge in [-0.3, -0.25) is 0 Å². The maximum Gasteiger partial charge on any atom is 0.350 e. The molecule has 1 N–H and O–H groups in total. The number of rotatable bonds is 0. The molecule has 2 spiro atoms. The SMILES string of the molecule is O[C@@H]1C2O[B-]34O[C@H]2OC2CO[B-]5(O[C@H]21)c1ccccc1CN5Cc1cccc(c1)-c1c2ccccc2c(c2ccccc12)-c1cccc(c1)CN3Cc1ccccc14. The summed E-state index contributed by atoms with van der Waals surface area (Å²) in [5, 5.41) is 17.2. The smallest absolute Gasteiger partial charge is 0.350 e. The number of hydrogen-bond donors (Lipinski definition) is 1. The summed E-state index contributed by atoms with van der Waals surface area (Å²) < 4.78 is 35.0. The van der Waals surface area contributed by atoms with Crippen LogP contribution in [-0.4, -0.2) is 65.4 Å². The Labute approximate surface area is 336 Å². The molecular formula is C48H40B2N2O6-2. The van der Waals surface area contributed by atoms with E-state index in [4.69, 9.17) is 23.4 Å². The molecule has 4 unspecified atom stereocenters. The third-order valence-corrected chi connectivity index (χ3v) is 13.8. The molecule has 10 bridgehead atoms. The van der Waals surface area contributed by atoms with Gasteiger partial charge >= 0.3 is 13.4 Å². The van der Waals surface area contributed by atoms with Gasteiger partial charge in [-0.1, -0.05) is 145 Å². The first kappa shape index (κ1) is 33.8. The molecule has 0 radical (unpaired) electrons. The highest BCUT2D eigenvalue weighted by Gasteiger charge is 2.60. The highest BCUT2D eigenvalue weighted by molar-refractivity contribution is 6.81. The van der Waals surface area contributed by atoms with Gasteiger partial charge in [0.25, 0.3) is 0 Å². The zero-order chi connectivity index (χ0) is 38.2. The van der Waals surface area contributed by atoms with Gasteiger partial charge < -0.3 is 38.1 Å². The monoisotopic (exact) mass is 762 g/mol. The highest BCUT2D eigenvalue weighted by Crippen LogP contribution is 2.46. The summed E-state index contributed by atoms with van der Waals surface area (Å²) in [6.07, 6.45) is -3.82. The molecule has 7 aromatic rings. The van der Waals surface area contributed by atoms with Crippen LogP contribution in [0, 0.1) is 0 Å². The zero-order valence-electron chi connectivity index (χ0n) is 31.8. The average molecular weight is 762 g/mol. The summed E-state index contributed by atoms with van der Waals surface area (Å²) in [4.78, 5) is 4.62. The van der Waals surface area contributed by atoms with E-state index >= 15 is 0 Å². The fourth-order valence-corrected chi connectivity index (χ4v) is 11.4. The van der Waals surface area contributed by atoms with Crippen molar-refractivity contribution in [1.82, 2.24) is 9.62 Å². The number of benzene rings is 7. The summed E-state index contributed by atoms with van der Waals surface area (Å²) in [6, 6.07) is 52.2. The number of ether oxygens (including phenoxy) is 1. The van der Waals surface area contributed by atoms with Gasteiger partial charge in [-0.05, 0) is 93.2 Å². The van der Waals surface area contributed by atoms with Crippen molar-refractivity contribution in [2.45, 2.75) is 56.9 Å². The Kier molecular flexibility index (Phi) is 7.25. The third-order valence-electron chi connectivity index (χ3n) is 13.8. The van der Waals surface area contributed by atoms with Gasteiger partial charge in [0.1, 0.15) is 18.5 Å². The average Bonchev–Trinajstić information content (AvgIpc) is 3.89. The Hall–Kier alpha value is -5.13. The van der Waals surface area contributed by atoms with E-state index in [1.165, 1.54) is 32.7 Å². The Bertz CT molecular complexity index is 2620. The fraction of sp³-hybridized carbons (Fsp3) is 0.208. The molecule has 58 heavy (non-hydrogen) atoms. The molecule has 3 saturated heterocycles. The Morgan fingerprint density at radius 3 is 1.59 bits per heavy atom. The van der Waals surface area contributed by atoms with Gasteiger partial charge in [0, 0.05) is 6.61 Å². The van der Waals surface area contributed by atoms with Crippen LogP contribution in [0.2, 0.25) is 0 Å². The summed E-state index contributed by atoms with van der Waals surface area (Å²) in [7, 11) is 0. The van der Waals surface area contributed by atoms with Crippen molar-refractivity contribution in [3.63, 3.8) is 0 Å². The predicted octanol–water partition coefficient (Wildman–Crippen LogP) is 6.58. The van der Waals surface area contributed by atoms with E-state index in [0.717, 1.165) is 44.3 Å². The minimum absolute atomic E-state index is 0.247. The Balaban J connectivity index is 1.04. The van der Waals surface area contributed by atoms with Gasteiger partial charge in [-0.15, -0.1) is 10.9 Å². The number of hydrogen-bond acceptors (Lipinski definition) is 8. The molecule has 0 amide bonds. The van der Waals surface area contributed by atoms with Crippen LogP contribution in [0.4, 0.5) is 0 Å². The molecule has 3 fully saturated rings. The molecule has 14 rings (SSSR count). The molecule has 10 heteroatoms. The zero-order valence-corrected chi connectivity index (χ0v) is 31.8. The van der Waals surface area contributed by atoms with Gasteiger partial charge in [-0.2, -0.15) is 0 Å². The first-order valence-electron chi connectivity index (χ1n) is 20.6. The standard InChI is InChI=1S/C48H40B2N2O6/c53-45-46-42-29-54-49(56-46)40-21-7-1-13-34(40)27-51(49)25-30-11-9-15-32(23-30)43-36-17-3-5-19-38(36)44(39-20-6-4-18-37(39)43)33-16-10-12-31(24-33)26-52-28-35-14-2-8-22-41(35)50(52)57-47(45)48(55-42)58-50/h1-24,42,45-48,53H,25-29H2/q-2/t42?,45-,46+,47?,48+,49?,50?/m0/s1. The maximum absolute atomic E-state index is 12.4. The number of fused-ring (bicyclic) bond motifs is 2. The maximum atomic E-state index is 12.4. The van der Waals surface area contributed by atoms with E-state index in [2.05, 4.69) is 143 Å². The van der Waals surface area contributed by atoms with Crippen molar-refractivity contribution in [3.8, 4) is 22.3 Å². The lowest BCUT2D eigenvalue weighted by Crippen LogP contribution is -2.73. The molecule has 0 saturated carbocycles. The summed E-state index contributed by atoms with van der Waals surface area (Å²) in [5.74, 6) is 0. The molecule has 8 nitrogen and oxygen atoms in total. The van der Waals surface area contributed by atoms with Crippen LogP contribution in [0.3, 0.4) is 0 Å².